The number of aliphatic hydroxyl groups is 1. The fourth-order valence-electron chi connectivity index (χ4n) is 1.94. The molecule has 126 valence electrons. The van der Waals surface area contributed by atoms with Crippen LogP contribution in [-0.4, -0.2) is 34.6 Å². The molecule has 0 bridgehead atoms. The van der Waals surface area contributed by atoms with Crippen LogP contribution in [0, 0.1) is 6.92 Å². The van der Waals surface area contributed by atoms with E-state index in [2.05, 4.69) is 9.98 Å². The summed E-state index contributed by atoms with van der Waals surface area (Å²) in [6, 6.07) is 7.07. The smallest absolute Gasteiger partial charge is 0.433 e. The normalized spacial score (nSPS) is 10.8. The fraction of sp³-hybridized carbons (Fsp3) is 0.235. The van der Waals surface area contributed by atoms with Crippen LogP contribution in [0.5, 0.6) is 11.5 Å². The molecule has 2 rings (SSSR count). The summed E-state index contributed by atoms with van der Waals surface area (Å²) in [4.78, 5) is 19.3. The summed E-state index contributed by atoms with van der Waals surface area (Å²) < 4.78 is 10.1. The third kappa shape index (κ3) is 4.30. The minimum Gasteiger partial charge on any atom is -0.505 e. The summed E-state index contributed by atoms with van der Waals surface area (Å²) in [5.74, 6) is 0.580. The molecule has 7 heteroatoms. The van der Waals surface area contributed by atoms with E-state index in [1.165, 1.54) is 6.20 Å². The SMILES string of the molecule is COc1ccc(COC(=O)/N=C/c2c(CO)cnc(C)c2O)cc1. The van der Waals surface area contributed by atoms with Crippen molar-refractivity contribution < 1.29 is 24.5 Å². The van der Waals surface area contributed by atoms with Gasteiger partial charge in [0, 0.05) is 23.5 Å². The van der Waals surface area contributed by atoms with Crippen molar-refractivity contribution in [2.75, 3.05) is 7.11 Å². The Kier molecular flexibility index (Phi) is 5.86. The van der Waals surface area contributed by atoms with Gasteiger partial charge in [-0.15, -0.1) is 0 Å². The summed E-state index contributed by atoms with van der Waals surface area (Å²) in [6.07, 6.45) is 1.77. The maximum Gasteiger partial charge on any atom is 0.433 e. The van der Waals surface area contributed by atoms with E-state index in [0.29, 0.717) is 17.0 Å². The predicted octanol–water partition coefficient (Wildman–Crippen LogP) is 2.35. The van der Waals surface area contributed by atoms with E-state index in [0.717, 1.165) is 11.8 Å². The van der Waals surface area contributed by atoms with Gasteiger partial charge in [0.25, 0.3) is 0 Å². The molecule has 1 heterocycles. The molecule has 0 aliphatic heterocycles. The summed E-state index contributed by atoms with van der Waals surface area (Å²) >= 11 is 0. The number of ether oxygens (including phenoxy) is 2. The molecule has 1 aromatic heterocycles. The average Bonchev–Trinajstić information content (AvgIpc) is 2.61. The van der Waals surface area contributed by atoms with Crippen molar-refractivity contribution >= 4 is 12.3 Å². The average molecular weight is 330 g/mol. The standard InChI is InChI=1S/C17H18N2O5/c1-11-16(21)15(13(9-20)7-18-11)8-19-17(22)24-10-12-3-5-14(23-2)6-4-12/h3-8,20-21H,9-10H2,1-2H3/b19-8+. The molecule has 0 fully saturated rings. The molecular formula is C17H18N2O5. The number of aliphatic imine (C=N–C) groups is 1. The first-order chi connectivity index (χ1) is 11.5. The Morgan fingerprint density at radius 2 is 2.04 bits per heavy atom. The molecule has 0 spiro atoms. The molecule has 0 aliphatic carbocycles. The Hall–Kier alpha value is -2.93. The van der Waals surface area contributed by atoms with E-state index >= 15 is 0 Å². The quantitative estimate of drug-likeness (QED) is 0.816. The van der Waals surface area contributed by atoms with Crippen LogP contribution in [-0.2, 0) is 18.0 Å². The Bertz CT molecular complexity index is 741. The zero-order valence-corrected chi connectivity index (χ0v) is 13.4. The minimum absolute atomic E-state index is 0.0639. The molecule has 0 saturated carbocycles. The molecule has 7 nitrogen and oxygen atoms in total. The van der Waals surface area contributed by atoms with E-state index in [-0.39, 0.29) is 24.5 Å². The molecule has 0 saturated heterocycles. The molecule has 0 atom stereocenters. The molecule has 0 radical (unpaired) electrons. The van der Waals surface area contributed by atoms with Crippen molar-refractivity contribution in [3.8, 4) is 11.5 Å². The number of amides is 1. The lowest BCUT2D eigenvalue weighted by atomic mass is 10.1. The molecule has 1 amide bonds. The molecule has 2 N–H and O–H groups in total. The van der Waals surface area contributed by atoms with Crippen molar-refractivity contribution in [1.82, 2.24) is 4.98 Å². The molecule has 1 aromatic carbocycles. The zero-order valence-electron chi connectivity index (χ0n) is 13.4. The zero-order chi connectivity index (χ0) is 17.5. The number of carbonyl (C=O) groups excluding carboxylic acids is 1. The van der Waals surface area contributed by atoms with E-state index in [1.54, 1.807) is 38.3 Å². The van der Waals surface area contributed by atoms with E-state index in [4.69, 9.17) is 9.47 Å². The highest BCUT2D eigenvalue weighted by Gasteiger charge is 2.10. The van der Waals surface area contributed by atoms with Crippen LogP contribution in [0.25, 0.3) is 0 Å². The lowest BCUT2D eigenvalue weighted by Gasteiger charge is -2.07. The van der Waals surface area contributed by atoms with Crippen molar-refractivity contribution in [1.29, 1.82) is 0 Å². The number of pyridine rings is 1. The van der Waals surface area contributed by atoms with Gasteiger partial charge in [0.2, 0.25) is 0 Å². The van der Waals surface area contributed by atoms with E-state index in [9.17, 15) is 15.0 Å². The number of carbonyl (C=O) groups is 1. The van der Waals surface area contributed by atoms with Crippen LogP contribution in [0.1, 0.15) is 22.4 Å². The number of aromatic nitrogens is 1. The monoisotopic (exact) mass is 330 g/mol. The highest BCUT2D eigenvalue weighted by atomic mass is 16.5. The number of aliphatic hydroxyl groups excluding tert-OH is 1. The number of rotatable bonds is 5. The third-order valence-electron chi connectivity index (χ3n) is 3.35. The number of nitrogens with zero attached hydrogens (tertiary/aromatic N) is 2. The number of aryl methyl sites for hydroxylation is 1. The molecule has 0 unspecified atom stereocenters. The first-order valence-corrected chi connectivity index (χ1v) is 7.17. The second kappa shape index (κ2) is 8.07. The first-order valence-electron chi connectivity index (χ1n) is 7.17. The van der Waals surface area contributed by atoms with Crippen LogP contribution >= 0.6 is 0 Å². The molecule has 24 heavy (non-hydrogen) atoms. The maximum absolute atomic E-state index is 11.7. The van der Waals surface area contributed by atoms with Gasteiger partial charge in [-0.25, -0.2) is 4.79 Å². The minimum atomic E-state index is -0.802. The van der Waals surface area contributed by atoms with Gasteiger partial charge in [-0.2, -0.15) is 4.99 Å². The maximum atomic E-state index is 11.7. The van der Waals surface area contributed by atoms with Gasteiger partial charge < -0.3 is 19.7 Å². The third-order valence-corrected chi connectivity index (χ3v) is 3.35. The van der Waals surface area contributed by atoms with E-state index < -0.39 is 6.09 Å². The number of benzene rings is 1. The van der Waals surface area contributed by atoms with Gasteiger partial charge in [0.1, 0.15) is 18.1 Å². The van der Waals surface area contributed by atoms with Crippen LogP contribution in [0.2, 0.25) is 0 Å². The van der Waals surface area contributed by atoms with Gasteiger partial charge in [-0.3, -0.25) is 4.98 Å². The van der Waals surface area contributed by atoms with Crippen molar-refractivity contribution in [3.63, 3.8) is 0 Å². The van der Waals surface area contributed by atoms with Crippen LogP contribution < -0.4 is 4.74 Å². The number of methoxy groups -OCH3 is 1. The predicted molar refractivity (Wildman–Crippen MR) is 87.3 cm³/mol. The summed E-state index contributed by atoms with van der Waals surface area (Å²) in [5, 5.41) is 19.2. The van der Waals surface area contributed by atoms with Crippen molar-refractivity contribution in [2.24, 2.45) is 4.99 Å². The van der Waals surface area contributed by atoms with Gasteiger partial charge in [0.15, 0.2) is 0 Å². The summed E-state index contributed by atoms with van der Waals surface area (Å²) in [5.41, 5.74) is 1.77. The first kappa shape index (κ1) is 17.4. The summed E-state index contributed by atoms with van der Waals surface area (Å²) in [7, 11) is 1.57. The van der Waals surface area contributed by atoms with Crippen LogP contribution in [0.15, 0.2) is 35.5 Å². The summed E-state index contributed by atoms with van der Waals surface area (Å²) in [6.45, 7) is 1.34. The number of hydrogen-bond acceptors (Lipinski definition) is 6. The highest BCUT2D eigenvalue weighted by Crippen LogP contribution is 2.22. The highest BCUT2D eigenvalue weighted by molar-refractivity contribution is 5.92. The van der Waals surface area contributed by atoms with Gasteiger partial charge in [0.05, 0.1) is 19.4 Å². The van der Waals surface area contributed by atoms with Crippen molar-refractivity contribution in [3.05, 3.63) is 52.8 Å². The Morgan fingerprint density at radius 3 is 2.67 bits per heavy atom. The lowest BCUT2D eigenvalue weighted by molar-refractivity contribution is 0.151. The largest absolute Gasteiger partial charge is 0.505 e. The molecular weight excluding hydrogens is 312 g/mol. The van der Waals surface area contributed by atoms with Gasteiger partial charge >= 0.3 is 6.09 Å². The molecule has 0 aliphatic rings. The molecule has 2 aromatic rings. The van der Waals surface area contributed by atoms with Gasteiger partial charge in [-0.1, -0.05) is 12.1 Å². The number of aromatic hydroxyl groups is 1. The second-order valence-corrected chi connectivity index (χ2v) is 4.95. The van der Waals surface area contributed by atoms with Crippen LogP contribution in [0.4, 0.5) is 4.79 Å². The fourth-order valence-corrected chi connectivity index (χ4v) is 1.94. The van der Waals surface area contributed by atoms with Crippen LogP contribution in [0.3, 0.4) is 0 Å². The lowest BCUT2D eigenvalue weighted by Crippen LogP contribution is -2.02. The Balaban J connectivity index is 2.01. The number of hydrogen-bond donors (Lipinski definition) is 2. The Labute approximate surface area is 139 Å². The Morgan fingerprint density at radius 1 is 1.33 bits per heavy atom. The van der Waals surface area contributed by atoms with Gasteiger partial charge in [-0.05, 0) is 24.6 Å². The topological polar surface area (TPSA) is 101 Å². The second-order valence-electron chi connectivity index (χ2n) is 4.95. The van der Waals surface area contributed by atoms with E-state index in [1.807, 2.05) is 0 Å². The van der Waals surface area contributed by atoms with Crippen molar-refractivity contribution in [2.45, 2.75) is 20.1 Å².